The molecule has 0 aromatic carbocycles. The van der Waals surface area contributed by atoms with E-state index in [1.165, 1.54) is 0 Å². The molecule has 3 nitrogen and oxygen atoms in total. The first-order chi connectivity index (χ1) is 7.89. The van der Waals surface area contributed by atoms with Crippen LogP contribution in [-0.2, 0) is 9.53 Å². The van der Waals surface area contributed by atoms with E-state index in [1.54, 1.807) is 0 Å². The molecule has 0 aromatic rings. The minimum absolute atomic E-state index is 0.0690. The van der Waals surface area contributed by atoms with Gasteiger partial charge in [0.1, 0.15) is 0 Å². The number of hydrogen-bond acceptors (Lipinski definition) is 3. The molecule has 1 N–H and O–H groups in total. The Kier molecular flexibility index (Phi) is 4.99. The van der Waals surface area contributed by atoms with Crippen LogP contribution in [-0.4, -0.2) is 16.9 Å². The molecule has 3 heteroatoms. The van der Waals surface area contributed by atoms with Crippen LogP contribution in [0.5, 0.6) is 0 Å². The van der Waals surface area contributed by atoms with E-state index in [-0.39, 0.29) is 11.9 Å². The quantitative estimate of drug-likeness (QED) is 0.608. The van der Waals surface area contributed by atoms with Gasteiger partial charge in [0.05, 0.1) is 0 Å². The van der Waals surface area contributed by atoms with Crippen LogP contribution in [0.15, 0.2) is 0 Å². The van der Waals surface area contributed by atoms with Gasteiger partial charge in [-0.3, -0.25) is 4.79 Å². The molecule has 0 aliphatic heterocycles. The van der Waals surface area contributed by atoms with Crippen molar-refractivity contribution in [2.24, 2.45) is 17.8 Å². The number of ether oxygens (including phenoxy) is 1. The average molecular weight is 242 g/mol. The van der Waals surface area contributed by atoms with Gasteiger partial charge in [-0.25, -0.2) is 0 Å². The molecular formula is C14H26O3. The zero-order valence-electron chi connectivity index (χ0n) is 11.5. The van der Waals surface area contributed by atoms with Gasteiger partial charge in [0.15, 0.2) is 0 Å². The molecule has 100 valence electrons. The fourth-order valence-electron chi connectivity index (χ4n) is 2.87. The Morgan fingerprint density at radius 3 is 2.65 bits per heavy atom. The highest BCUT2D eigenvalue weighted by Crippen LogP contribution is 2.41. The molecule has 0 amide bonds. The van der Waals surface area contributed by atoms with Crippen LogP contribution in [0.4, 0.5) is 0 Å². The molecule has 1 aliphatic carbocycles. The van der Waals surface area contributed by atoms with E-state index in [4.69, 9.17) is 4.74 Å². The highest BCUT2D eigenvalue weighted by Gasteiger charge is 2.45. The molecule has 0 radical (unpaired) electrons. The Balaban J connectivity index is 2.74. The third kappa shape index (κ3) is 3.70. The lowest BCUT2D eigenvalue weighted by molar-refractivity contribution is -0.255. The van der Waals surface area contributed by atoms with E-state index in [0.29, 0.717) is 24.7 Å². The first-order valence-corrected chi connectivity index (χ1v) is 6.83. The molecule has 1 saturated carbocycles. The summed E-state index contributed by atoms with van der Waals surface area (Å²) < 4.78 is 5.38. The van der Waals surface area contributed by atoms with E-state index >= 15 is 0 Å². The lowest BCUT2D eigenvalue weighted by Crippen LogP contribution is -2.48. The van der Waals surface area contributed by atoms with Gasteiger partial charge >= 0.3 is 5.97 Å². The Labute approximate surface area is 105 Å². The SMILES string of the molecule is CCCC(=O)OC1(O)CC(C)CCC1C(C)C. The second-order valence-corrected chi connectivity index (χ2v) is 5.81. The lowest BCUT2D eigenvalue weighted by Gasteiger charge is -2.43. The summed E-state index contributed by atoms with van der Waals surface area (Å²) >= 11 is 0. The zero-order chi connectivity index (χ0) is 13.1. The molecule has 17 heavy (non-hydrogen) atoms. The van der Waals surface area contributed by atoms with E-state index in [9.17, 15) is 9.90 Å². The van der Waals surface area contributed by atoms with E-state index in [1.807, 2.05) is 6.92 Å². The molecule has 1 rings (SSSR count). The molecular weight excluding hydrogens is 216 g/mol. The summed E-state index contributed by atoms with van der Waals surface area (Å²) in [4.78, 5) is 11.6. The predicted molar refractivity (Wildman–Crippen MR) is 67.3 cm³/mol. The van der Waals surface area contributed by atoms with Gasteiger partial charge in [0.25, 0.3) is 0 Å². The average Bonchev–Trinajstić information content (AvgIpc) is 2.15. The summed E-state index contributed by atoms with van der Waals surface area (Å²) in [6, 6.07) is 0. The van der Waals surface area contributed by atoms with Crippen LogP contribution in [0.1, 0.15) is 59.8 Å². The number of carbonyl (C=O) groups is 1. The molecule has 0 heterocycles. The van der Waals surface area contributed by atoms with Gasteiger partial charge < -0.3 is 9.84 Å². The number of hydrogen-bond donors (Lipinski definition) is 1. The van der Waals surface area contributed by atoms with Gasteiger partial charge in [-0.2, -0.15) is 0 Å². The summed E-state index contributed by atoms with van der Waals surface area (Å²) in [5.41, 5.74) is 0. The van der Waals surface area contributed by atoms with Crippen molar-refractivity contribution in [3.8, 4) is 0 Å². The number of aliphatic hydroxyl groups is 1. The molecule has 1 fully saturated rings. The van der Waals surface area contributed by atoms with Crippen LogP contribution in [0.25, 0.3) is 0 Å². The fraction of sp³-hybridized carbons (Fsp3) is 0.929. The predicted octanol–water partition coefficient (Wildman–Crippen LogP) is 3.11. The van der Waals surface area contributed by atoms with Crippen LogP contribution in [0.2, 0.25) is 0 Å². The van der Waals surface area contributed by atoms with Crippen molar-refractivity contribution in [3.63, 3.8) is 0 Å². The molecule has 0 aromatic heterocycles. The van der Waals surface area contributed by atoms with Crippen molar-refractivity contribution >= 4 is 5.97 Å². The third-order valence-corrected chi connectivity index (χ3v) is 3.74. The van der Waals surface area contributed by atoms with Crippen LogP contribution >= 0.6 is 0 Å². The Morgan fingerprint density at radius 1 is 1.47 bits per heavy atom. The fourth-order valence-corrected chi connectivity index (χ4v) is 2.87. The smallest absolute Gasteiger partial charge is 0.308 e. The van der Waals surface area contributed by atoms with Gasteiger partial charge in [-0.05, 0) is 31.1 Å². The largest absolute Gasteiger partial charge is 0.433 e. The lowest BCUT2D eigenvalue weighted by atomic mass is 9.73. The van der Waals surface area contributed by atoms with Crippen molar-refractivity contribution in [1.29, 1.82) is 0 Å². The maximum absolute atomic E-state index is 11.6. The topological polar surface area (TPSA) is 46.5 Å². The highest BCUT2D eigenvalue weighted by atomic mass is 16.7. The molecule has 3 unspecified atom stereocenters. The van der Waals surface area contributed by atoms with Crippen molar-refractivity contribution in [2.75, 3.05) is 0 Å². The minimum atomic E-state index is -1.24. The second-order valence-electron chi connectivity index (χ2n) is 5.81. The van der Waals surface area contributed by atoms with Crippen molar-refractivity contribution in [3.05, 3.63) is 0 Å². The monoisotopic (exact) mass is 242 g/mol. The van der Waals surface area contributed by atoms with E-state index in [2.05, 4.69) is 20.8 Å². The maximum atomic E-state index is 11.6. The summed E-state index contributed by atoms with van der Waals surface area (Å²) in [7, 11) is 0. The summed E-state index contributed by atoms with van der Waals surface area (Å²) in [5.74, 6) is -0.682. The van der Waals surface area contributed by atoms with Crippen LogP contribution < -0.4 is 0 Å². The summed E-state index contributed by atoms with van der Waals surface area (Å²) in [6.45, 7) is 8.21. The number of rotatable bonds is 4. The molecule has 0 spiro atoms. The number of esters is 1. The first kappa shape index (κ1) is 14.5. The van der Waals surface area contributed by atoms with Gasteiger partial charge in [-0.1, -0.05) is 27.7 Å². The third-order valence-electron chi connectivity index (χ3n) is 3.74. The van der Waals surface area contributed by atoms with Gasteiger partial charge in [-0.15, -0.1) is 0 Å². The van der Waals surface area contributed by atoms with Crippen molar-refractivity contribution < 1.29 is 14.6 Å². The van der Waals surface area contributed by atoms with Crippen molar-refractivity contribution in [2.45, 2.75) is 65.6 Å². The van der Waals surface area contributed by atoms with Gasteiger partial charge in [0.2, 0.25) is 5.79 Å². The summed E-state index contributed by atoms with van der Waals surface area (Å²) in [5, 5.41) is 10.6. The summed E-state index contributed by atoms with van der Waals surface area (Å²) in [6.07, 6.45) is 3.77. The standard InChI is InChI=1S/C14H26O3/c1-5-6-13(15)17-14(16)9-11(4)7-8-12(14)10(2)3/h10-12,16H,5-9H2,1-4H3. The normalized spacial score (nSPS) is 33.8. The van der Waals surface area contributed by atoms with E-state index < -0.39 is 5.79 Å². The molecule has 0 bridgehead atoms. The zero-order valence-corrected chi connectivity index (χ0v) is 11.5. The Hall–Kier alpha value is -0.570. The van der Waals surface area contributed by atoms with E-state index in [0.717, 1.165) is 19.3 Å². The number of carbonyl (C=O) groups excluding carboxylic acids is 1. The second kappa shape index (κ2) is 5.85. The first-order valence-electron chi connectivity index (χ1n) is 6.83. The Morgan fingerprint density at radius 2 is 2.12 bits per heavy atom. The van der Waals surface area contributed by atoms with Gasteiger partial charge in [0, 0.05) is 18.8 Å². The molecule has 0 saturated heterocycles. The highest BCUT2D eigenvalue weighted by molar-refractivity contribution is 5.69. The van der Waals surface area contributed by atoms with Crippen LogP contribution in [0.3, 0.4) is 0 Å². The van der Waals surface area contributed by atoms with Crippen molar-refractivity contribution in [1.82, 2.24) is 0 Å². The van der Waals surface area contributed by atoms with Crippen LogP contribution in [0, 0.1) is 17.8 Å². The molecule has 3 atom stereocenters. The maximum Gasteiger partial charge on any atom is 0.308 e. The Bertz CT molecular complexity index is 262. The molecule has 1 aliphatic rings. The minimum Gasteiger partial charge on any atom is -0.433 e.